The van der Waals surface area contributed by atoms with E-state index < -0.39 is 10.0 Å². The fourth-order valence-electron chi connectivity index (χ4n) is 2.16. The smallest absolute Gasteiger partial charge is 0.267 e. The molecule has 0 aliphatic rings. The Bertz CT molecular complexity index is 922. The molecule has 3 rings (SSSR count). The second-order valence-electron chi connectivity index (χ2n) is 4.96. The number of aromatic nitrogens is 3. The van der Waals surface area contributed by atoms with Crippen molar-refractivity contribution in [2.75, 3.05) is 4.72 Å². The molecule has 8 nitrogen and oxygen atoms in total. The van der Waals surface area contributed by atoms with E-state index in [1.807, 2.05) is 0 Å². The lowest BCUT2D eigenvalue weighted by Gasteiger charge is -2.07. The van der Waals surface area contributed by atoms with Crippen LogP contribution in [0.5, 0.6) is 0 Å². The second kappa shape index (κ2) is 5.51. The minimum Gasteiger partial charge on any atom is -0.421 e. The van der Waals surface area contributed by atoms with Gasteiger partial charge in [0.2, 0.25) is 11.8 Å². The third-order valence-corrected chi connectivity index (χ3v) is 4.77. The topological polar surface area (TPSA) is 111 Å². The summed E-state index contributed by atoms with van der Waals surface area (Å²) < 4.78 is 37.5. The summed E-state index contributed by atoms with van der Waals surface area (Å²) >= 11 is 0. The Kier molecular flexibility index (Phi) is 3.64. The van der Waals surface area contributed by atoms with E-state index in [-0.39, 0.29) is 10.7 Å². The number of rotatable bonds is 4. The van der Waals surface area contributed by atoms with Gasteiger partial charge in [-0.3, -0.25) is 4.72 Å². The third kappa shape index (κ3) is 2.95. The molecule has 0 aliphatic heterocycles. The van der Waals surface area contributed by atoms with Crippen LogP contribution in [0.2, 0.25) is 0 Å². The highest BCUT2D eigenvalue weighted by Crippen LogP contribution is 2.24. The van der Waals surface area contributed by atoms with Gasteiger partial charge in [-0.1, -0.05) is 5.16 Å². The van der Waals surface area contributed by atoms with Gasteiger partial charge in [-0.15, -0.1) is 10.2 Å². The first kappa shape index (κ1) is 15.2. The van der Waals surface area contributed by atoms with Crippen LogP contribution in [0.4, 0.5) is 5.69 Å². The lowest BCUT2D eigenvalue weighted by molar-refractivity contribution is 0.390. The van der Waals surface area contributed by atoms with E-state index in [4.69, 9.17) is 8.94 Å². The van der Waals surface area contributed by atoms with Gasteiger partial charge in [-0.05, 0) is 38.1 Å². The van der Waals surface area contributed by atoms with Gasteiger partial charge in [0.25, 0.3) is 10.0 Å². The lowest BCUT2D eigenvalue weighted by Crippen LogP contribution is -2.14. The van der Waals surface area contributed by atoms with Gasteiger partial charge in [0, 0.05) is 18.2 Å². The van der Waals surface area contributed by atoms with Crippen molar-refractivity contribution in [1.29, 1.82) is 0 Å². The van der Waals surface area contributed by atoms with Crippen LogP contribution in [-0.2, 0) is 10.0 Å². The van der Waals surface area contributed by atoms with E-state index in [0.29, 0.717) is 28.7 Å². The zero-order valence-corrected chi connectivity index (χ0v) is 13.5. The van der Waals surface area contributed by atoms with E-state index >= 15 is 0 Å². The number of anilines is 1. The Morgan fingerprint density at radius 3 is 2.26 bits per heavy atom. The van der Waals surface area contributed by atoms with Crippen molar-refractivity contribution in [3.63, 3.8) is 0 Å². The quantitative estimate of drug-likeness (QED) is 0.780. The summed E-state index contributed by atoms with van der Waals surface area (Å²) in [4.78, 5) is 0.0501. The van der Waals surface area contributed by atoms with E-state index in [1.54, 1.807) is 45.0 Å². The molecule has 23 heavy (non-hydrogen) atoms. The highest BCUT2D eigenvalue weighted by Gasteiger charge is 2.24. The Labute approximate surface area is 132 Å². The van der Waals surface area contributed by atoms with Crippen molar-refractivity contribution in [2.45, 2.75) is 25.7 Å². The van der Waals surface area contributed by atoms with Gasteiger partial charge in [-0.2, -0.15) is 0 Å². The number of sulfonamides is 1. The van der Waals surface area contributed by atoms with Crippen molar-refractivity contribution < 1.29 is 17.4 Å². The van der Waals surface area contributed by atoms with Gasteiger partial charge >= 0.3 is 0 Å². The van der Waals surface area contributed by atoms with Crippen LogP contribution in [0.25, 0.3) is 11.5 Å². The summed E-state index contributed by atoms with van der Waals surface area (Å²) in [6.07, 6.45) is 0. The Morgan fingerprint density at radius 2 is 1.74 bits per heavy atom. The summed E-state index contributed by atoms with van der Waals surface area (Å²) in [6, 6.07) is 6.62. The molecule has 1 N–H and O–H groups in total. The second-order valence-corrected chi connectivity index (χ2v) is 6.58. The van der Waals surface area contributed by atoms with E-state index in [0.717, 1.165) is 0 Å². The normalized spacial score (nSPS) is 11.6. The maximum absolute atomic E-state index is 12.4. The summed E-state index contributed by atoms with van der Waals surface area (Å²) in [7, 11) is -3.76. The van der Waals surface area contributed by atoms with Crippen LogP contribution in [-0.4, -0.2) is 23.8 Å². The Hall–Kier alpha value is -2.68. The number of hydrogen-bond donors (Lipinski definition) is 1. The van der Waals surface area contributed by atoms with E-state index in [2.05, 4.69) is 20.1 Å². The average molecular weight is 334 g/mol. The molecule has 9 heteroatoms. The fraction of sp³-hybridized carbons (Fsp3) is 0.214. The summed E-state index contributed by atoms with van der Waals surface area (Å²) in [5.41, 5.74) is 1.42. The maximum atomic E-state index is 12.4. The molecule has 0 bridgehead atoms. The summed E-state index contributed by atoms with van der Waals surface area (Å²) in [5.74, 6) is 1.08. The molecule has 0 spiro atoms. The minimum absolute atomic E-state index is 0.0501. The third-order valence-electron chi connectivity index (χ3n) is 3.15. The molecule has 0 atom stereocenters. The van der Waals surface area contributed by atoms with Crippen LogP contribution >= 0.6 is 0 Å². The van der Waals surface area contributed by atoms with Crippen molar-refractivity contribution >= 4 is 15.7 Å². The van der Waals surface area contributed by atoms with Gasteiger partial charge < -0.3 is 8.94 Å². The first-order chi connectivity index (χ1) is 10.9. The van der Waals surface area contributed by atoms with Crippen molar-refractivity contribution in [1.82, 2.24) is 15.4 Å². The molecule has 0 unspecified atom stereocenters. The largest absolute Gasteiger partial charge is 0.421 e. The summed E-state index contributed by atoms with van der Waals surface area (Å²) in [6.45, 7) is 4.82. The van der Waals surface area contributed by atoms with Crippen molar-refractivity contribution in [3.8, 4) is 11.5 Å². The monoisotopic (exact) mass is 334 g/mol. The van der Waals surface area contributed by atoms with Crippen LogP contribution in [0.3, 0.4) is 0 Å². The number of aryl methyl sites for hydroxylation is 3. The van der Waals surface area contributed by atoms with Crippen LogP contribution in [0.15, 0.2) is 38.1 Å². The average Bonchev–Trinajstić information content (AvgIpc) is 3.06. The van der Waals surface area contributed by atoms with Crippen LogP contribution in [0, 0.1) is 20.8 Å². The zero-order valence-electron chi connectivity index (χ0n) is 12.7. The molecule has 1 aromatic carbocycles. The summed E-state index contributed by atoms with van der Waals surface area (Å²) in [5, 5.41) is 11.3. The van der Waals surface area contributed by atoms with Gasteiger partial charge in [0.15, 0.2) is 10.7 Å². The minimum atomic E-state index is -3.76. The molecule has 3 aromatic rings. The first-order valence-corrected chi connectivity index (χ1v) is 8.21. The zero-order chi connectivity index (χ0) is 16.6. The van der Waals surface area contributed by atoms with Gasteiger partial charge in [-0.25, -0.2) is 8.42 Å². The predicted octanol–water partition coefficient (Wildman–Crippen LogP) is 2.45. The molecule has 120 valence electrons. The van der Waals surface area contributed by atoms with E-state index in [1.165, 1.54) is 0 Å². The highest BCUT2D eigenvalue weighted by molar-refractivity contribution is 7.92. The molecule has 0 aliphatic carbocycles. The van der Waals surface area contributed by atoms with Crippen LogP contribution < -0.4 is 4.72 Å². The molecule has 0 radical (unpaired) electrons. The van der Waals surface area contributed by atoms with E-state index in [9.17, 15) is 8.42 Å². The highest BCUT2D eigenvalue weighted by atomic mass is 32.2. The standard InChI is InChI=1S/C14H14N4O4S/c1-8-13(9(2)22-17-8)23(19,20)18-12-6-4-11(5-7-12)14-16-15-10(3)21-14/h4-7,18H,1-3H3. The number of nitrogens with one attached hydrogen (secondary N) is 1. The molecular formula is C14H14N4O4S. The molecule has 0 saturated heterocycles. The van der Waals surface area contributed by atoms with Crippen LogP contribution in [0.1, 0.15) is 17.3 Å². The molecule has 2 aromatic heterocycles. The molecule has 0 fully saturated rings. The maximum Gasteiger partial charge on any atom is 0.267 e. The molecule has 0 saturated carbocycles. The number of nitrogens with zero attached hydrogens (tertiary/aromatic N) is 3. The molecule has 2 heterocycles. The Balaban J connectivity index is 1.86. The SMILES string of the molecule is Cc1nnc(-c2ccc(NS(=O)(=O)c3c(C)noc3C)cc2)o1. The number of benzene rings is 1. The fourth-order valence-corrected chi connectivity index (χ4v) is 3.55. The predicted molar refractivity (Wildman–Crippen MR) is 81.3 cm³/mol. The Morgan fingerprint density at radius 1 is 1.04 bits per heavy atom. The number of hydrogen-bond acceptors (Lipinski definition) is 7. The first-order valence-electron chi connectivity index (χ1n) is 6.73. The lowest BCUT2D eigenvalue weighted by atomic mass is 10.2. The van der Waals surface area contributed by atoms with Gasteiger partial charge in [0.1, 0.15) is 5.69 Å². The van der Waals surface area contributed by atoms with Crippen molar-refractivity contribution in [2.24, 2.45) is 0 Å². The molecule has 0 amide bonds. The molecular weight excluding hydrogens is 320 g/mol. The van der Waals surface area contributed by atoms with Crippen molar-refractivity contribution in [3.05, 3.63) is 41.6 Å². The van der Waals surface area contributed by atoms with Gasteiger partial charge in [0.05, 0.1) is 0 Å².